The molecule has 0 fully saturated rings. The molecule has 1 aromatic heterocycles. The second-order valence-electron chi connectivity index (χ2n) is 4.36. The molecule has 1 rings (SSSR count). The van der Waals surface area contributed by atoms with E-state index in [1.165, 1.54) is 12.3 Å². The first-order chi connectivity index (χ1) is 8.19. The summed E-state index contributed by atoms with van der Waals surface area (Å²) < 4.78 is 27.1. The summed E-state index contributed by atoms with van der Waals surface area (Å²) in [4.78, 5) is 12.5. The first kappa shape index (κ1) is 14.7. The number of hydrogen-bond donors (Lipinski definition) is 1. The van der Waals surface area contributed by atoms with E-state index in [0.29, 0.717) is 18.8 Å². The first-order valence-corrected chi connectivity index (χ1v) is 7.44. The van der Waals surface area contributed by atoms with Gasteiger partial charge in [0, 0.05) is 24.9 Å². The van der Waals surface area contributed by atoms with Crippen molar-refractivity contribution in [3.05, 3.63) is 23.2 Å². The molecule has 0 atom stereocenters. The van der Waals surface area contributed by atoms with Gasteiger partial charge in [-0.3, -0.25) is 0 Å². The van der Waals surface area contributed by atoms with Crippen molar-refractivity contribution in [3.8, 4) is 0 Å². The number of sulfone groups is 1. The van der Waals surface area contributed by atoms with E-state index < -0.39 is 15.8 Å². The third kappa shape index (κ3) is 4.50. The summed E-state index contributed by atoms with van der Waals surface area (Å²) >= 11 is 0. The number of furan rings is 1. The lowest BCUT2D eigenvalue weighted by molar-refractivity contribution is 0.0661. The molecule has 1 N–H and O–H groups in total. The van der Waals surface area contributed by atoms with Gasteiger partial charge in [0.05, 0.1) is 5.75 Å². The predicted molar refractivity (Wildman–Crippen MR) is 66.4 cm³/mol. The molecule has 0 unspecified atom stereocenters. The Morgan fingerprint density at radius 2 is 2.11 bits per heavy atom. The Labute approximate surface area is 106 Å². The predicted octanol–water partition coefficient (Wildman–Crippen LogP) is 0.763. The van der Waals surface area contributed by atoms with Crippen molar-refractivity contribution in [2.45, 2.75) is 13.5 Å². The molecule has 0 saturated carbocycles. The van der Waals surface area contributed by atoms with E-state index in [-0.39, 0.29) is 11.5 Å². The van der Waals surface area contributed by atoms with Gasteiger partial charge >= 0.3 is 5.97 Å². The van der Waals surface area contributed by atoms with Gasteiger partial charge in [0.2, 0.25) is 5.76 Å². The average Bonchev–Trinajstić information content (AvgIpc) is 2.57. The SMILES string of the molecule is Cc1oc(C(=O)O)cc1CN(C)CCS(C)(=O)=O. The van der Waals surface area contributed by atoms with E-state index >= 15 is 0 Å². The minimum atomic E-state index is -2.99. The number of carboxylic acid groups (broad SMARTS) is 1. The van der Waals surface area contributed by atoms with Crippen molar-refractivity contribution in [1.29, 1.82) is 0 Å². The second kappa shape index (κ2) is 5.53. The molecule has 7 heteroatoms. The van der Waals surface area contributed by atoms with Crippen LogP contribution in [0.15, 0.2) is 10.5 Å². The molecular formula is C11H17NO5S. The van der Waals surface area contributed by atoms with Crippen LogP contribution in [0.3, 0.4) is 0 Å². The summed E-state index contributed by atoms with van der Waals surface area (Å²) in [6.07, 6.45) is 1.19. The quantitative estimate of drug-likeness (QED) is 0.824. The highest BCUT2D eigenvalue weighted by Crippen LogP contribution is 2.16. The topological polar surface area (TPSA) is 87.8 Å². The lowest BCUT2D eigenvalue weighted by Crippen LogP contribution is -2.24. The van der Waals surface area contributed by atoms with Gasteiger partial charge in [-0.15, -0.1) is 0 Å². The fourth-order valence-corrected chi connectivity index (χ4v) is 2.12. The number of nitrogens with zero attached hydrogens (tertiary/aromatic N) is 1. The molecule has 6 nitrogen and oxygen atoms in total. The molecule has 0 bridgehead atoms. The van der Waals surface area contributed by atoms with Crippen molar-refractivity contribution in [3.63, 3.8) is 0 Å². The van der Waals surface area contributed by atoms with Crippen molar-refractivity contribution in [2.75, 3.05) is 25.6 Å². The summed E-state index contributed by atoms with van der Waals surface area (Å²) in [5.74, 6) is -0.590. The summed E-state index contributed by atoms with van der Waals surface area (Å²) in [5, 5.41) is 8.78. The molecule has 0 aromatic carbocycles. The minimum absolute atomic E-state index is 0.0756. The molecule has 0 radical (unpaired) electrons. The Kier molecular flexibility index (Phi) is 4.53. The van der Waals surface area contributed by atoms with Crippen LogP contribution >= 0.6 is 0 Å². The van der Waals surface area contributed by atoms with Crippen LogP contribution in [-0.4, -0.2) is 50.0 Å². The zero-order valence-electron chi connectivity index (χ0n) is 10.6. The molecule has 0 aliphatic heterocycles. The average molecular weight is 275 g/mol. The molecule has 1 heterocycles. The van der Waals surface area contributed by atoms with Gasteiger partial charge < -0.3 is 14.4 Å². The van der Waals surface area contributed by atoms with Crippen LogP contribution in [0, 0.1) is 6.92 Å². The van der Waals surface area contributed by atoms with E-state index in [2.05, 4.69) is 0 Å². The minimum Gasteiger partial charge on any atom is -0.475 e. The molecule has 1 aromatic rings. The van der Waals surface area contributed by atoms with Gasteiger partial charge in [0.1, 0.15) is 15.6 Å². The van der Waals surface area contributed by atoms with E-state index in [1.54, 1.807) is 14.0 Å². The maximum absolute atomic E-state index is 11.0. The second-order valence-corrected chi connectivity index (χ2v) is 6.62. The number of rotatable bonds is 6. The van der Waals surface area contributed by atoms with Crippen molar-refractivity contribution >= 4 is 15.8 Å². The molecule has 102 valence electrons. The van der Waals surface area contributed by atoms with Gasteiger partial charge in [0.15, 0.2) is 0 Å². The first-order valence-electron chi connectivity index (χ1n) is 5.38. The smallest absolute Gasteiger partial charge is 0.371 e. The highest BCUT2D eigenvalue weighted by atomic mass is 32.2. The summed E-state index contributed by atoms with van der Waals surface area (Å²) in [7, 11) is -1.21. The fourth-order valence-electron chi connectivity index (χ4n) is 1.47. The number of carboxylic acids is 1. The fraction of sp³-hybridized carbons (Fsp3) is 0.545. The summed E-state index contributed by atoms with van der Waals surface area (Å²) in [5.41, 5.74) is 0.753. The normalized spacial score (nSPS) is 12.0. The van der Waals surface area contributed by atoms with Crippen LogP contribution < -0.4 is 0 Å². The van der Waals surface area contributed by atoms with Gasteiger partial charge in [-0.1, -0.05) is 0 Å². The Balaban J connectivity index is 2.64. The Morgan fingerprint density at radius 1 is 1.50 bits per heavy atom. The number of aromatic carboxylic acids is 1. The molecule has 18 heavy (non-hydrogen) atoms. The monoisotopic (exact) mass is 275 g/mol. The zero-order valence-corrected chi connectivity index (χ0v) is 11.5. The van der Waals surface area contributed by atoms with Crippen LogP contribution in [0.2, 0.25) is 0 Å². The highest BCUT2D eigenvalue weighted by Gasteiger charge is 2.14. The molecule has 0 spiro atoms. The van der Waals surface area contributed by atoms with Crippen LogP contribution in [0.25, 0.3) is 0 Å². The van der Waals surface area contributed by atoms with Crippen LogP contribution in [0.5, 0.6) is 0 Å². The maximum atomic E-state index is 11.0. The van der Waals surface area contributed by atoms with Gasteiger partial charge in [-0.2, -0.15) is 0 Å². The largest absolute Gasteiger partial charge is 0.475 e. The van der Waals surface area contributed by atoms with Crippen LogP contribution in [-0.2, 0) is 16.4 Å². The van der Waals surface area contributed by atoms with E-state index in [9.17, 15) is 13.2 Å². The Morgan fingerprint density at radius 3 is 2.56 bits per heavy atom. The third-order valence-electron chi connectivity index (χ3n) is 2.52. The summed E-state index contributed by atoms with van der Waals surface area (Å²) in [6.45, 7) is 2.54. The maximum Gasteiger partial charge on any atom is 0.371 e. The number of aryl methyl sites for hydroxylation is 1. The van der Waals surface area contributed by atoms with Crippen molar-refractivity contribution in [1.82, 2.24) is 4.90 Å². The lowest BCUT2D eigenvalue weighted by Gasteiger charge is -2.15. The lowest BCUT2D eigenvalue weighted by atomic mass is 10.2. The summed E-state index contributed by atoms with van der Waals surface area (Å²) in [6, 6.07) is 1.47. The number of carbonyl (C=O) groups is 1. The van der Waals surface area contributed by atoms with E-state index in [0.717, 1.165) is 5.56 Å². The van der Waals surface area contributed by atoms with Gasteiger partial charge in [-0.25, -0.2) is 13.2 Å². The molecule has 0 aliphatic rings. The van der Waals surface area contributed by atoms with E-state index in [4.69, 9.17) is 9.52 Å². The molecule has 0 amide bonds. The highest BCUT2D eigenvalue weighted by molar-refractivity contribution is 7.90. The Bertz CT molecular complexity index is 532. The Hall–Kier alpha value is -1.34. The standard InChI is InChI=1S/C11H17NO5S/c1-8-9(6-10(17-8)11(13)14)7-12(2)4-5-18(3,15)16/h6H,4-5,7H2,1-3H3,(H,13,14). The van der Waals surface area contributed by atoms with Gasteiger partial charge in [0.25, 0.3) is 0 Å². The van der Waals surface area contributed by atoms with Crippen LogP contribution in [0.1, 0.15) is 21.9 Å². The van der Waals surface area contributed by atoms with E-state index in [1.807, 2.05) is 4.90 Å². The molecule has 0 aliphatic carbocycles. The number of hydrogen-bond acceptors (Lipinski definition) is 5. The zero-order chi connectivity index (χ0) is 13.9. The molecule has 0 saturated heterocycles. The van der Waals surface area contributed by atoms with Crippen molar-refractivity contribution in [2.24, 2.45) is 0 Å². The van der Waals surface area contributed by atoms with Gasteiger partial charge in [-0.05, 0) is 20.0 Å². The molecular weight excluding hydrogens is 258 g/mol. The van der Waals surface area contributed by atoms with Crippen LogP contribution in [0.4, 0.5) is 0 Å². The van der Waals surface area contributed by atoms with Crippen molar-refractivity contribution < 1.29 is 22.7 Å². The third-order valence-corrected chi connectivity index (χ3v) is 3.44.